The van der Waals surface area contributed by atoms with Crippen molar-refractivity contribution in [3.8, 4) is 11.4 Å². The average Bonchev–Trinajstić information content (AvgIpc) is 2.65. The molecular formula is C18H19N5O2. The van der Waals surface area contributed by atoms with Gasteiger partial charge in [-0.2, -0.15) is 0 Å². The minimum Gasteiger partial charge on any atom is -0.358 e. The molecule has 1 aromatic carbocycles. The number of anilines is 1. The summed E-state index contributed by atoms with van der Waals surface area (Å²) in [6, 6.07) is 9.19. The number of amides is 2. The van der Waals surface area contributed by atoms with Gasteiger partial charge in [-0.15, -0.1) is 0 Å². The smallest absolute Gasteiger partial charge is 0.270 e. The third-order valence-electron chi connectivity index (χ3n) is 4.51. The number of nitrogens with zero attached hydrogens (tertiary/aromatic N) is 2. The van der Waals surface area contributed by atoms with Crippen LogP contribution in [0.2, 0.25) is 0 Å². The van der Waals surface area contributed by atoms with Crippen LogP contribution in [0.3, 0.4) is 0 Å². The Balaban J connectivity index is 1.77. The summed E-state index contributed by atoms with van der Waals surface area (Å²) in [7, 11) is 0. The number of carbonyl (C=O) groups excluding carboxylic acids is 2. The first-order valence-electron chi connectivity index (χ1n) is 8.51. The zero-order valence-corrected chi connectivity index (χ0v) is 13.7. The highest BCUT2D eigenvalue weighted by molar-refractivity contribution is 5.97. The van der Waals surface area contributed by atoms with Crippen LogP contribution in [0.25, 0.3) is 11.4 Å². The molecule has 128 valence electrons. The van der Waals surface area contributed by atoms with Crippen LogP contribution in [0, 0.1) is 0 Å². The number of nitrogens with one attached hydrogen (secondary N) is 3. The van der Waals surface area contributed by atoms with Crippen LogP contribution in [0.5, 0.6) is 0 Å². The standard InChI is InChI=1S/C18H19N5O2/c24-17-13(7-4-9-19-17)21-16-12-8-10-20-18(25)14(12)22-15(23-16)11-5-2-1-3-6-11/h1-3,5-6,13H,4,7-10H2,(H,19,24)(H,20,25)(H,21,22,23). The molecule has 7 heteroatoms. The zero-order chi connectivity index (χ0) is 17.2. The van der Waals surface area contributed by atoms with Crippen molar-refractivity contribution < 1.29 is 9.59 Å². The summed E-state index contributed by atoms with van der Waals surface area (Å²) in [5, 5.41) is 8.93. The van der Waals surface area contributed by atoms with Crippen molar-refractivity contribution >= 4 is 17.6 Å². The number of hydrogen-bond donors (Lipinski definition) is 3. The van der Waals surface area contributed by atoms with Crippen molar-refractivity contribution in [3.05, 3.63) is 41.6 Å². The first-order chi connectivity index (χ1) is 12.2. The van der Waals surface area contributed by atoms with E-state index in [1.54, 1.807) is 0 Å². The van der Waals surface area contributed by atoms with Crippen molar-refractivity contribution in [1.82, 2.24) is 20.6 Å². The SMILES string of the molecule is O=C1NCCc2c(NC3CCCNC3=O)nc(-c3ccccc3)nc21. The van der Waals surface area contributed by atoms with Gasteiger partial charge in [0.25, 0.3) is 5.91 Å². The van der Waals surface area contributed by atoms with E-state index in [1.165, 1.54) is 0 Å². The van der Waals surface area contributed by atoms with Crippen molar-refractivity contribution in [1.29, 1.82) is 0 Å². The number of benzene rings is 1. The van der Waals surface area contributed by atoms with E-state index < -0.39 is 0 Å². The van der Waals surface area contributed by atoms with Crippen LogP contribution in [0.15, 0.2) is 30.3 Å². The molecule has 1 saturated heterocycles. The summed E-state index contributed by atoms with van der Waals surface area (Å²) in [6.45, 7) is 1.25. The summed E-state index contributed by atoms with van der Waals surface area (Å²) in [5.74, 6) is 0.841. The highest BCUT2D eigenvalue weighted by atomic mass is 16.2. The maximum absolute atomic E-state index is 12.3. The largest absolute Gasteiger partial charge is 0.358 e. The van der Waals surface area contributed by atoms with Gasteiger partial charge >= 0.3 is 0 Å². The lowest BCUT2D eigenvalue weighted by atomic mass is 10.0. The third-order valence-corrected chi connectivity index (χ3v) is 4.51. The third kappa shape index (κ3) is 3.05. The van der Waals surface area contributed by atoms with Gasteiger partial charge < -0.3 is 16.0 Å². The van der Waals surface area contributed by atoms with E-state index in [9.17, 15) is 9.59 Å². The van der Waals surface area contributed by atoms with Crippen LogP contribution >= 0.6 is 0 Å². The van der Waals surface area contributed by atoms with Crippen LogP contribution in [0.1, 0.15) is 28.9 Å². The van der Waals surface area contributed by atoms with Gasteiger partial charge in [0.05, 0.1) is 0 Å². The molecule has 1 atom stereocenters. The predicted molar refractivity (Wildman–Crippen MR) is 93.2 cm³/mol. The van der Waals surface area contributed by atoms with Crippen LogP contribution in [-0.4, -0.2) is 40.9 Å². The summed E-state index contributed by atoms with van der Waals surface area (Å²) < 4.78 is 0. The van der Waals surface area contributed by atoms with E-state index in [0.717, 1.165) is 24.0 Å². The van der Waals surface area contributed by atoms with Crippen molar-refractivity contribution in [2.24, 2.45) is 0 Å². The molecule has 3 N–H and O–H groups in total. The number of carbonyl (C=O) groups is 2. The monoisotopic (exact) mass is 337 g/mol. The fourth-order valence-electron chi connectivity index (χ4n) is 3.20. The van der Waals surface area contributed by atoms with Gasteiger partial charge in [0.1, 0.15) is 17.6 Å². The number of hydrogen-bond acceptors (Lipinski definition) is 5. The molecule has 4 rings (SSSR count). The molecule has 7 nitrogen and oxygen atoms in total. The average molecular weight is 337 g/mol. The van der Waals surface area contributed by atoms with Gasteiger partial charge in [-0.1, -0.05) is 30.3 Å². The molecule has 3 heterocycles. The molecule has 2 aliphatic heterocycles. The van der Waals surface area contributed by atoms with Gasteiger partial charge in [0.15, 0.2) is 5.82 Å². The van der Waals surface area contributed by atoms with Gasteiger partial charge in [-0.05, 0) is 19.3 Å². The molecule has 0 aliphatic carbocycles. The minimum absolute atomic E-state index is 0.0277. The Morgan fingerprint density at radius 3 is 2.68 bits per heavy atom. The first-order valence-corrected chi connectivity index (χ1v) is 8.51. The van der Waals surface area contributed by atoms with Crippen LogP contribution in [-0.2, 0) is 11.2 Å². The first kappa shape index (κ1) is 15.6. The fourth-order valence-corrected chi connectivity index (χ4v) is 3.20. The van der Waals surface area contributed by atoms with E-state index in [1.807, 2.05) is 30.3 Å². The van der Waals surface area contributed by atoms with Gasteiger partial charge in [-0.3, -0.25) is 9.59 Å². The second-order valence-electron chi connectivity index (χ2n) is 6.23. The summed E-state index contributed by atoms with van der Waals surface area (Å²) in [5.41, 5.74) is 2.00. The maximum Gasteiger partial charge on any atom is 0.270 e. The number of aromatic nitrogens is 2. The van der Waals surface area contributed by atoms with Crippen LogP contribution in [0.4, 0.5) is 5.82 Å². The van der Waals surface area contributed by atoms with E-state index in [4.69, 9.17) is 0 Å². The Labute approximate surface area is 145 Å². The Morgan fingerprint density at radius 1 is 1.04 bits per heavy atom. The van der Waals surface area contributed by atoms with E-state index in [2.05, 4.69) is 25.9 Å². The second-order valence-corrected chi connectivity index (χ2v) is 6.23. The summed E-state index contributed by atoms with van der Waals surface area (Å²) in [6.07, 6.45) is 2.31. The molecular weight excluding hydrogens is 318 g/mol. The fraction of sp³-hybridized carbons (Fsp3) is 0.333. The Morgan fingerprint density at radius 2 is 1.88 bits per heavy atom. The molecule has 2 amide bonds. The van der Waals surface area contributed by atoms with Gasteiger partial charge in [0, 0.05) is 24.2 Å². The number of fused-ring (bicyclic) bond motifs is 1. The molecule has 2 aromatic rings. The molecule has 1 unspecified atom stereocenters. The normalized spacial score (nSPS) is 19.6. The molecule has 1 aromatic heterocycles. The van der Waals surface area contributed by atoms with Crippen molar-refractivity contribution in [3.63, 3.8) is 0 Å². The summed E-state index contributed by atoms with van der Waals surface area (Å²) in [4.78, 5) is 33.5. The Kier molecular flexibility index (Phi) is 4.05. The lowest BCUT2D eigenvalue weighted by molar-refractivity contribution is -0.123. The van der Waals surface area contributed by atoms with Gasteiger partial charge in [0.2, 0.25) is 5.91 Å². The van der Waals surface area contributed by atoms with Crippen molar-refractivity contribution in [2.45, 2.75) is 25.3 Å². The maximum atomic E-state index is 12.3. The Hall–Kier alpha value is -2.96. The minimum atomic E-state index is -0.332. The molecule has 0 spiro atoms. The lowest BCUT2D eigenvalue weighted by Crippen LogP contribution is -2.45. The van der Waals surface area contributed by atoms with Crippen LogP contribution < -0.4 is 16.0 Å². The molecule has 0 saturated carbocycles. The molecule has 0 radical (unpaired) electrons. The number of rotatable bonds is 3. The highest BCUT2D eigenvalue weighted by Crippen LogP contribution is 2.26. The number of piperidine rings is 1. The topological polar surface area (TPSA) is 96.0 Å². The van der Waals surface area contributed by atoms with Gasteiger partial charge in [-0.25, -0.2) is 9.97 Å². The molecule has 2 aliphatic rings. The Bertz CT molecular complexity index is 822. The molecule has 25 heavy (non-hydrogen) atoms. The summed E-state index contributed by atoms with van der Waals surface area (Å²) >= 11 is 0. The molecule has 0 bridgehead atoms. The van der Waals surface area contributed by atoms with E-state index in [0.29, 0.717) is 36.8 Å². The second kappa shape index (κ2) is 6.51. The van der Waals surface area contributed by atoms with E-state index in [-0.39, 0.29) is 17.9 Å². The quantitative estimate of drug-likeness (QED) is 0.780. The van der Waals surface area contributed by atoms with Crippen molar-refractivity contribution in [2.75, 3.05) is 18.4 Å². The van der Waals surface area contributed by atoms with E-state index >= 15 is 0 Å². The molecule has 1 fully saturated rings. The lowest BCUT2D eigenvalue weighted by Gasteiger charge is -2.26. The zero-order valence-electron chi connectivity index (χ0n) is 13.7. The highest BCUT2D eigenvalue weighted by Gasteiger charge is 2.28. The predicted octanol–water partition coefficient (Wildman–Crippen LogP) is 1.12.